The third-order valence-corrected chi connectivity index (χ3v) is 5.16. The van der Waals surface area contributed by atoms with Crippen molar-refractivity contribution in [3.8, 4) is 23.0 Å². The summed E-state index contributed by atoms with van der Waals surface area (Å²) >= 11 is 0. The van der Waals surface area contributed by atoms with E-state index in [1.807, 2.05) is 5.43 Å². The highest BCUT2D eigenvalue weighted by atomic mass is 16.6. The number of hydrogen-bond acceptors (Lipinski definition) is 7. The third kappa shape index (κ3) is 2.39. The predicted octanol–water partition coefficient (Wildman–Crippen LogP) is 2.66. The number of phenols is 2. The lowest BCUT2D eigenvalue weighted by molar-refractivity contribution is 0.0224. The molecule has 9 nitrogen and oxygen atoms in total. The standard InChI is InChI=1S/C21H15N3O6/c22-24-20(28)23-10-1-4-13-16(7-10)21(30-19(13)27)14-5-2-11(25)8-17(14)29-18-9-12(26)3-6-15(18)21/h1-9,25-26H,22H2,(H2,23,24,28). The van der Waals surface area contributed by atoms with Gasteiger partial charge in [0, 0.05) is 34.5 Å². The molecule has 0 aliphatic carbocycles. The summed E-state index contributed by atoms with van der Waals surface area (Å²) in [5, 5.41) is 22.4. The number of nitrogens with one attached hydrogen (secondary N) is 2. The van der Waals surface area contributed by atoms with Gasteiger partial charge in [-0.2, -0.15) is 0 Å². The van der Waals surface area contributed by atoms with Gasteiger partial charge in [0.05, 0.1) is 5.56 Å². The molecule has 0 unspecified atom stereocenters. The zero-order valence-corrected chi connectivity index (χ0v) is 15.3. The van der Waals surface area contributed by atoms with E-state index >= 15 is 0 Å². The highest BCUT2D eigenvalue weighted by molar-refractivity contribution is 5.98. The number of fused-ring (bicyclic) bond motifs is 6. The number of carbonyl (C=O) groups is 2. The van der Waals surface area contributed by atoms with Crippen LogP contribution >= 0.6 is 0 Å². The number of aromatic hydroxyl groups is 2. The number of ether oxygens (including phenoxy) is 2. The van der Waals surface area contributed by atoms with Crippen LogP contribution in [0.15, 0.2) is 54.6 Å². The first-order valence-electron chi connectivity index (χ1n) is 8.92. The number of esters is 1. The lowest BCUT2D eigenvalue weighted by Gasteiger charge is -2.36. The summed E-state index contributed by atoms with van der Waals surface area (Å²) < 4.78 is 11.8. The van der Waals surface area contributed by atoms with Gasteiger partial charge in [-0.15, -0.1) is 0 Å². The van der Waals surface area contributed by atoms with E-state index in [0.29, 0.717) is 27.9 Å². The summed E-state index contributed by atoms with van der Waals surface area (Å²) in [5.74, 6) is 5.06. The summed E-state index contributed by atoms with van der Waals surface area (Å²) in [6.45, 7) is 0. The Kier molecular flexibility index (Phi) is 3.64. The van der Waals surface area contributed by atoms with E-state index in [-0.39, 0.29) is 23.0 Å². The zero-order valence-electron chi connectivity index (χ0n) is 15.3. The Hall–Kier alpha value is -4.24. The Labute approximate surface area is 169 Å². The Morgan fingerprint density at radius 2 is 1.53 bits per heavy atom. The number of anilines is 1. The van der Waals surface area contributed by atoms with Crippen molar-refractivity contribution in [2.24, 2.45) is 5.84 Å². The Morgan fingerprint density at radius 1 is 0.900 bits per heavy atom. The summed E-state index contributed by atoms with van der Waals surface area (Å²) in [6.07, 6.45) is 0. The Balaban J connectivity index is 1.81. The first-order chi connectivity index (χ1) is 14.4. The number of carbonyl (C=O) groups excluding carboxylic acids is 2. The van der Waals surface area contributed by atoms with Crippen molar-refractivity contribution in [3.63, 3.8) is 0 Å². The van der Waals surface area contributed by atoms with Gasteiger partial charge in [-0.05, 0) is 42.5 Å². The highest BCUT2D eigenvalue weighted by Crippen LogP contribution is 2.57. The van der Waals surface area contributed by atoms with Crippen LogP contribution in [0.1, 0.15) is 27.0 Å². The van der Waals surface area contributed by atoms with Gasteiger partial charge in [0.25, 0.3) is 0 Å². The molecular weight excluding hydrogens is 390 g/mol. The molecule has 0 bridgehead atoms. The maximum absolute atomic E-state index is 12.8. The van der Waals surface area contributed by atoms with Crippen LogP contribution in [0.2, 0.25) is 0 Å². The fourth-order valence-corrected chi connectivity index (χ4v) is 3.94. The van der Waals surface area contributed by atoms with Crippen molar-refractivity contribution in [3.05, 3.63) is 76.9 Å². The second-order valence-electron chi connectivity index (χ2n) is 6.89. The number of hydrazine groups is 1. The zero-order chi connectivity index (χ0) is 21.0. The molecule has 6 N–H and O–H groups in total. The third-order valence-electron chi connectivity index (χ3n) is 5.16. The quantitative estimate of drug-likeness (QED) is 0.181. The van der Waals surface area contributed by atoms with Gasteiger partial charge in [0.1, 0.15) is 23.0 Å². The fraction of sp³-hybridized carbons (Fsp3) is 0.0476. The smallest absolute Gasteiger partial charge is 0.340 e. The van der Waals surface area contributed by atoms with Crippen LogP contribution in [0.25, 0.3) is 0 Å². The molecule has 0 saturated heterocycles. The molecule has 0 aromatic heterocycles. The number of hydrogen-bond donors (Lipinski definition) is 5. The van der Waals surface area contributed by atoms with E-state index in [1.54, 1.807) is 30.3 Å². The minimum Gasteiger partial charge on any atom is -0.508 e. The molecule has 150 valence electrons. The predicted molar refractivity (Wildman–Crippen MR) is 104 cm³/mol. The topological polar surface area (TPSA) is 143 Å². The van der Waals surface area contributed by atoms with Gasteiger partial charge in [0.2, 0.25) is 0 Å². The summed E-state index contributed by atoms with van der Waals surface area (Å²) in [7, 11) is 0. The molecule has 2 aliphatic rings. The summed E-state index contributed by atoms with van der Waals surface area (Å²) in [6, 6.07) is 13.0. The van der Waals surface area contributed by atoms with Crippen molar-refractivity contribution in [1.29, 1.82) is 0 Å². The van der Waals surface area contributed by atoms with Gasteiger partial charge in [-0.3, -0.25) is 5.43 Å². The average molecular weight is 405 g/mol. The largest absolute Gasteiger partial charge is 0.508 e. The van der Waals surface area contributed by atoms with Gasteiger partial charge in [-0.25, -0.2) is 15.4 Å². The molecule has 2 aliphatic heterocycles. The van der Waals surface area contributed by atoms with Crippen molar-refractivity contribution < 1.29 is 29.3 Å². The van der Waals surface area contributed by atoms with E-state index in [0.717, 1.165) is 0 Å². The first-order valence-corrected chi connectivity index (χ1v) is 8.92. The fourth-order valence-electron chi connectivity index (χ4n) is 3.94. The maximum atomic E-state index is 12.8. The molecule has 2 amide bonds. The molecule has 0 radical (unpaired) electrons. The molecule has 3 aromatic carbocycles. The molecule has 9 heteroatoms. The number of urea groups is 1. The molecule has 1 spiro atoms. The van der Waals surface area contributed by atoms with E-state index in [2.05, 4.69) is 5.32 Å². The maximum Gasteiger partial charge on any atom is 0.340 e. The summed E-state index contributed by atoms with van der Waals surface area (Å²) in [4.78, 5) is 24.5. The lowest BCUT2D eigenvalue weighted by Crippen LogP contribution is -2.35. The van der Waals surface area contributed by atoms with Crippen LogP contribution in [-0.4, -0.2) is 22.2 Å². The monoisotopic (exact) mass is 405 g/mol. The van der Waals surface area contributed by atoms with Crippen molar-refractivity contribution in [2.45, 2.75) is 5.60 Å². The van der Waals surface area contributed by atoms with Crippen LogP contribution < -0.4 is 21.3 Å². The number of benzene rings is 3. The van der Waals surface area contributed by atoms with Crippen LogP contribution in [0, 0.1) is 0 Å². The van der Waals surface area contributed by atoms with Crippen LogP contribution in [0.5, 0.6) is 23.0 Å². The van der Waals surface area contributed by atoms with Crippen molar-refractivity contribution in [1.82, 2.24) is 5.43 Å². The van der Waals surface area contributed by atoms with Crippen LogP contribution in [0.4, 0.5) is 10.5 Å². The number of phenolic OH excluding ortho intramolecular Hbond substituents is 2. The minimum atomic E-state index is -1.40. The highest BCUT2D eigenvalue weighted by Gasteiger charge is 2.53. The SMILES string of the molecule is NNC(=O)Nc1ccc2c(c1)C1(OC2=O)c2ccc(O)cc2Oc2cc(O)ccc21. The second-order valence-corrected chi connectivity index (χ2v) is 6.89. The van der Waals surface area contributed by atoms with E-state index in [1.165, 1.54) is 24.3 Å². The van der Waals surface area contributed by atoms with Gasteiger partial charge < -0.3 is 25.0 Å². The molecule has 5 rings (SSSR count). The molecule has 30 heavy (non-hydrogen) atoms. The van der Waals surface area contributed by atoms with Gasteiger partial charge in [-0.1, -0.05) is 0 Å². The molecule has 0 saturated carbocycles. The van der Waals surface area contributed by atoms with Crippen LogP contribution in [-0.2, 0) is 10.3 Å². The first kappa shape index (κ1) is 17.8. The minimum absolute atomic E-state index is 0.0351. The summed E-state index contributed by atoms with van der Waals surface area (Å²) in [5.41, 5.74) is 2.75. The lowest BCUT2D eigenvalue weighted by atomic mass is 9.77. The van der Waals surface area contributed by atoms with Crippen molar-refractivity contribution in [2.75, 3.05) is 5.32 Å². The van der Waals surface area contributed by atoms with Gasteiger partial charge in [0.15, 0.2) is 5.60 Å². The van der Waals surface area contributed by atoms with Crippen LogP contribution in [0.3, 0.4) is 0 Å². The number of amides is 2. The number of nitrogens with two attached hydrogens (primary N) is 1. The number of rotatable bonds is 1. The van der Waals surface area contributed by atoms with Gasteiger partial charge >= 0.3 is 12.0 Å². The average Bonchev–Trinajstić information content (AvgIpc) is 3.00. The molecule has 3 aromatic rings. The normalized spacial score (nSPS) is 14.8. The van der Waals surface area contributed by atoms with Crippen molar-refractivity contribution >= 4 is 17.7 Å². The Bertz CT molecular complexity index is 1190. The molecular formula is C21H15N3O6. The van der Waals surface area contributed by atoms with E-state index in [4.69, 9.17) is 15.3 Å². The van der Waals surface area contributed by atoms with E-state index < -0.39 is 17.6 Å². The molecule has 0 atom stereocenters. The second kappa shape index (κ2) is 6.13. The van der Waals surface area contributed by atoms with E-state index in [9.17, 15) is 19.8 Å². The molecule has 2 heterocycles. The molecule has 0 fully saturated rings. The Morgan fingerprint density at radius 3 is 2.13 bits per heavy atom.